The third-order valence-electron chi connectivity index (χ3n) is 5.49. The van der Waals surface area contributed by atoms with Gasteiger partial charge in [0.1, 0.15) is 23.2 Å². The van der Waals surface area contributed by atoms with Gasteiger partial charge in [0.25, 0.3) is 5.56 Å². The maximum Gasteiger partial charge on any atom is 0.255 e. The van der Waals surface area contributed by atoms with Gasteiger partial charge >= 0.3 is 0 Å². The van der Waals surface area contributed by atoms with Crippen molar-refractivity contribution in [2.75, 3.05) is 7.11 Å². The maximum absolute atomic E-state index is 15.0. The second kappa shape index (κ2) is 7.43. The normalized spacial score (nSPS) is 15.8. The molecule has 3 nitrogen and oxygen atoms in total. The van der Waals surface area contributed by atoms with Crippen LogP contribution in [0.3, 0.4) is 0 Å². The second-order valence-corrected chi connectivity index (χ2v) is 7.36. The van der Waals surface area contributed by atoms with E-state index in [0.29, 0.717) is 12.3 Å². The molecule has 29 heavy (non-hydrogen) atoms. The van der Waals surface area contributed by atoms with Gasteiger partial charge in [0.15, 0.2) is 0 Å². The second-order valence-electron chi connectivity index (χ2n) is 7.36. The lowest BCUT2D eigenvalue weighted by molar-refractivity contribution is 0.410. The summed E-state index contributed by atoms with van der Waals surface area (Å²) in [6.45, 7) is 2.10. The van der Waals surface area contributed by atoms with Crippen molar-refractivity contribution in [3.63, 3.8) is 0 Å². The highest BCUT2D eigenvalue weighted by atomic mass is 19.1. The van der Waals surface area contributed by atoms with Crippen LogP contribution < -0.4 is 10.3 Å². The van der Waals surface area contributed by atoms with Crippen LogP contribution in [0.2, 0.25) is 0 Å². The molecule has 1 aliphatic carbocycles. The minimum Gasteiger partial charge on any atom is -0.495 e. The molecule has 1 unspecified atom stereocenters. The third kappa shape index (κ3) is 3.43. The summed E-state index contributed by atoms with van der Waals surface area (Å²) < 4.78 is 49.2. The minimum absolute atomic E-state index is 0.00443. The molecule has 0 saturated carbocycles. The highest BCUT2D eigenvalue weighted by Gasteiger charge is 2.23. The highest BCUT2D eigenvalue weighted by Crippen LogP contribution is 2.36. The zero-order valence-electron chi connectivity index (χ0n) is 16.1. The van der Waals surface area contributed by atoms with Gasteiger partial charge in [-0.3, -0.25) is 9.36 Å². The molecule has 1 heterocycles. The molecule has 3 aromatic rings. The number of ether oxygens (including phenoxy) is 1. The lowest BCUT2D eigenvalue weighted by Crippen LogP contribution is -2.26. The van der Waals surface area contributed by atoms with Crippen molar-refractivity contribution in [3.05, 3.63) is 81.5 Å². The first-order valence-electron chi connectivity index (χ1n) is 9.48. The fraction of sp³-hybridized carbons (Fsp3) is 0.261. The van der Waals surface area contributed by atoms with Gasteiger partial charge in [0.05, 0.1) is 12.8 Å². The number of nitrogens with zero attached hydrogens (tertiary/aromatic N) is 1. The maximum atomic E-state index is 15.0. The van der Waals surface area contributed by atoms with Gasteiger partial charge in [-0.1, -0.05) is 13.0 Å². The van der Waals surface area contributed by atoms with Crippen LogP contribution in [-0.2, 0) is 6.42 Å². The Hall–Kier alpha value is -3.02. The predicted octanol–water partition coefficient (Wildman–Crippen LogP) is 5.37. The molecule has 0 saturated heterocycles. The number of pyridine rings is 1. The Labute approximate surface area is 166 Å². The van der Waals surface area contributed by atoms with E-state index in [4.69, 9.17) is 4.74 Å². The Balaban J connectivity index is 1.94. The number of benzene rings is 2. The Morgan fingerprint density at radius 3 is 2.45 bits per heavy atom. The fourth-order valence-electron chi connectivity index (χ4n) is 4.11. The van der Waals surface area contributed by atoms with Crippen LogP contribution in [0.5, 0.6) is 5.75 Å². The van der Waals surface area contributed by atoms with Gasteiger partial charge in [-0.15, -0.1) is 0 Å². The van der Waals surface area contributed by atoms with Crippen LogP contribution in [0.1, 0.15) is 36.9 Å². The smallest absolute Gasteiger partial charge is 0.255 e. The zero-order valence-corrected chi connectivity index (χ0v) is 16.1. The van der Waals surface area contributed by atoms with Crippen molar-refractivity contribution in [1.29, 1.82) is 0 Å². The van der Waals surface area contributed by atoms with Crippen LogP contribution in [0.4, 0.5) is 13.2 Å². The number of hydrogen-bond acceptors (Lipinski definition) is 2. The summed E-state index contributed by atoms with van der Waals surface area (Å²) in [5.74, 6) is -1.75. The first kappa shape index (κ1) is 19.3. The average molecular weight is 399 g/mol. The van der Waals surface area contributed by atoms with Crippen molar-refractivity contribution in [2.24, 2.45) is 0 Å². The predicted molar refractivity (Wildman–Crippen MR) is 105 cm³/mol. The van der Waals surface area contributed by atoms with Crippen LogP contribution in [-0.4, -0.2) is 11.7 Å². The van der Waals surface area contributed by atoms with Crippen molar-refractivity contribution >= 4 is 0 Å². The van der Waals surface area contributed by atoms with E-state index in [2.05, 4.69) is 6.92 Å². The summed E-state index contributed by atoms with van der Waals surface area (Å²) in [5.41, 5.74) is 1.96. The Bertz CT molecular complexity index is 1130. The van der Waals surface area contributed by atoms with Crippen LogP contribution in [0.15, 0.2) is 47.3 Å². The number of rotatable bonds is 3. The molecule has 0 aliphatic heterocycles. The molecule has 1 aromatic heterocycles. The largest absolute Gasteiger partial charge is 0.495 e. The molecule has 0 amide bonds. The van der Waals surface area contributed by atoms with Crippen molar-refractivity contribution in [1.82, 2.24) is 4.57 Å². The molecule has 6 heteroatoms. The first-order chi connectivity index (χ1) is 13.9. The summed E-state index contributed by atoms with van der Waals surface area (Å²) >= 11 is 0. The topological polar surface area (TPSA) is 31.2 Å². The summed E-state index contributed by atoms with van der Waals surface area (Å²) in [5, 5.41) is 0. The molecular formula is C23H20F3NO2. The lowest BCUT2D eigenvalue weighted by atomic mass is 9.86. The first-order valence-corrected chi connectivity index (χ1v) is 9.48. The molecule has 1 aliphatic rings. The standard InChI is InChI=1S/C23H20F3NO2/c1-13-4-3-5-20-17(13)6-7-23(28)27(20)21-12-19(26)18(11-22(21)29-2)14-8-15(24)10-16(25)9-14/h6-13H,3-5H2,1-2H3. The van der Waals surface area contributed by atoms with Crippen LogP contribution in [0.25, 0.3) is 16.8 Å². The SMILES string of the molecule is COc1cc(-c2cc(F)cc(F)c2)c(F)cc1-n1c2c(ccc1=O)C(C)CCC2. The van der Waals surface area contributed by atoms with Gasteiger partial charge < -0.3 is 4.74 Å². The number of aromatic nitrogens is 1. The van der Waals surface area contributed by atoms with E-state index >= 15 is 4.39 Å². The third-order valence-corrected chi connectivity index (χ3v) is 5.49. The van der Waals surface area contributed by atoms with Gasteiger partial charge in [0, 0.05) is 29.5 Å². The van der Waals surface area contributed by atoms with Gasteiger partial charge in [-0.25, -0.2) is 13.2 Å². The highest BCUT2D eigenvalue weighted by molar-refractivity contribution is 5.69. The number of methoxy groups -OCH3 is 1. The molecule has 2 aromatic carbocycles. The molecule has 0 radical (unpaired) electrons. The monoisotopic (exact) mass is 399 g/mol. The van der Waals surface area contributed by atoms with Crippen LogP contribution >= 0.6 is 0 Å². The lowest BCUT2D eigenvalue weighted by Gasteiger charge is -2.26. The van der Waals surface area contributed by atoms with Gasteiger partial charge in [-0.2, -0.15) is 0 Å². The van der Waals surface area contributed by atoms with E-state index in [1.807, 2.05) is 6.07 Å². The molecule has 0 fully saturated rings. The zero-order chi connectivity index (χ0) is 20.7. The number of fused-ring (bicyclic) bond motifs is 1. The Kier molecular flexibility index (Phi) is 4.94. The Morgan fingerprint density at radius 2 is 1.76 bits per heavy atom. The van der Waals surface area contributed by atoms with Gasteiger partial charge in [-0.05, 0) is 54.5 Å². The van der Waals surface area contributed by atoms with Crippen LogP contribution in [0, 0.1) is 17.5 Å². The van der Waals surface area contributed by atoms with E-state index in [1.165, 1.54) is 29.9 Å². The summed E-state index contributed by atoms with van der Waals surface area (Å²) in [7, 11) is 1.41. The van der Waals surface area contributed by atoms with E-state index < -0.39 is 17.5 Å². The quantitative estimate of drug-likeness (QED) is 0.593. The molecule has 150 valence electrons. The van der Waals surface area contributed by atoms with E-state index in [0.717, 1.165) is 42.3 Å². The van der Waals surface area contributed by atoms with Crippen molar-refractivity contribution < 1.29 is 17.9 Å². The fourth-order valence-corrected chi connectivity index (χ4v) is 4.11. The van der Waals surface area contributed by atoms with E-state index in [9.17, 15) is 13.6 Å². The molecule has 1 atom stereocenters. The summed E-state index contributed by atoms with van der Waals surface area (Å²) in [6, 6.07) is 8.72. The van der Waals surface area contributed by atoms with E-state index in [-0.39, 0.29) is 28.1 Å². The molecule has 0 bridgehead atoms. The van der Waals surface area contributed by atoms with Crippen molar-refractivity contribution in [3.8, 4) is 22.6 Å². The molecule has 0 N–H and O–H groups in total. The van der Waals surface area contributed by atoms with Gasteiger partial charge in [0.2, 0.25) is 0 Å². The molecule has 4 rings (SSSR count). The van der Waals surface area contributed by atoms with Crippen molar-refractivity contribution in [2.45, 2.75) is 32.1 Å². The van der Waals surface area contributed by atoms with E-state index in [1.54, 1.807) is 0 Å². The number of hydrogen-bond donors (Lipinski definition) is 0. The molecular weight excluding hydrogens is 379 g/mol. The molecule has 0 spiro atoms. The average Bonchev–Trinajstić information content (AvgIpc) is 2.67. The summed E-state index contributed by atoms with van der Waals surface area (Å²) in [4.78, 5) is 12.7. The Morgan fingerprint density at radius 1 is 1.03 bits per heavy atom. The summed E-state index contributed by atoms with van der Waals surface area (Å²) in [6.07, 6.45) is 2.67. The number of halogens is 3. The minimum atomic E-state index is -0.801.